The number of nitriles is 1. The predicted molar refractivity (Wildman–Crippen MR) is 123 cm³/mol. The smallest absolute Gasteiger partial charge is 0.290 e. The summed E-state index contributed by atoms with van der Waals surface area (Å²) in [5.74, 6) is 0.158. The standard InChI is InChI=1S/C26H23N5O2/c27-13-20-8-9-24-21(11-20)15-31(26(32)25-7-4-10-33-25)23(12-19-5-2-1-3-6-19)17-30(24)16-22-14-28-18-29-22/h1-11,14,18,23H,12,15-17H2,(H,28,29). The van der Waals surface area contributed by atoms with Gasteiger partial charge in [0, 0.05) is 25.0 Å². The molecule has 1 amide bonds. The first kappa shape index (κ1) is 20.6. The number of furan rings is 1. The van der Waals surface area contributed by atoms with E-state index in [1.54, 1.807) is 18.5 Å². The molecule has 33 heavy (non-hydrogen) atoms. The summed E-state index contributed by atoms with van der Waals surface area (Å²) in [5, 5.41) is 9.48. The van der Waals surface area contributed by atoms with Gasteiger partial charge in [0.2, 0.25) is 0 Å². The van der Waals surface area contributed by atoms with Crippen LogP contribution < -0.4 is 4.90 Å². The molecule has 0 bridgehead atoms. The van der Waals surface area contributed by atoms with E-state index >= 15 is 0 Å². The third-order valence-corrected chi connectivity index (χ3v) is 5.98. The maximum absolute atomic E-state index is 13.5. The third-order valence-electron chi connectivity index (χ3n) is 5.98. The quantitative estimate of drug-likeness (QED) is 0.507. The molecular formula is C26H23N5O2. The number of amides is 1. The minimum absolute atomic E-state index is 0.106. The Labute approximate surface area is 191 Å². The Hall–Kier alpha value is -4.31. The van der Waals surface area contributed by atoms with Crippen molar-refractivity contribution in [1.29, 1.82) is 5.26 Å². The minimum atomic E-state index is -0.155. The molecule has 0 radical (unpaired) electrons. The normalized spacial score (nSPS) is 15.5. The van der Waals surface area contributed by atoms with Crippen LogP contribution in [-0.2, 0) is 19.5 Å². The molecule has 1 aliphatic heterocycles. The van der Waals surface area contributed by atoms with Crippen LogP contribution in [0.25, 0.3) is 0 Å². The van der Waals surface area contributed by atoms with E-state index in [0.29, 0.717) is 37.4 Å². The van der Waals surface area contributed by atoms with Gasteiger partial charge in [-0.25, -0.2) is 4.98 Å². The van der Waals surface area contributed by atoms with Crippen molar-refractivity contribution in [2.24, 2.45) is 0 Å². The summed E-state index contributed by atoms with van der Waals surface area (Å²) < 4.78 is 5.46. The highest BCUT2D eigenvalue weighted by Gasteiger charge is 2.33. The molecule has 3 heterocycles. The first-order valence-corrected chi connectivity index (χ1v) is 10.8. The van der Waals surface area contributed by atoms with Crippen LogP contribution in [-0.4, -0.2) is 33.4 Å². The predicted octanol–water partition coefficient (Wildman–Crippen LogP) is 4.15. The number of fused-ring (bicyclic) bond motifs is 1. The number of aromatic amines is 1. The summed E-state index contributed by atoms with van der Waals surface area (Å²) in [6.45, 7) is 1.63. The number of nitrogens with one attached hydrogen (secondary N) is 1. The van der Waals surface area contributed by atoms with E-state index in [1.165, 1.54) is 6.26 Å². The summed E-state index contributed by atoms with van der Waals surface area (Å²) in [6, 6.07) is 21.4. The summed E-state index contributed by atoms with van der Waals surface area (Å²) in [7, 11) is 0. The molecule has 0 fully saturated rings. The number of benzene rings is 2. The van der Waals surface area contributed by atoms with Gasteiger partial charge in [-0.2, -0.15) is 5.26 Å². The fourth-order valence-electron chi connectivity index (χ4n) is 4.42. The number of carbonyl (C=O) groups is 1. The minimum Gasteiger partial charge on any atom is -0.459 e. The van der Waals surface area contributed by atoms with Crippen molar-refractivity contribution in [2.75, 3.05) is 11.4 Å². The highest BCUT2D eigenvalue weighted by Crippen LogP contribution is 2.31. The summed E-state index contributed by atoms with van der Waals surface area (Å²) >= 11 is 0. The van der Waals surface area contributed by atoms with E-state index in [9.17, 15) is 10.1 Å². The Morgan fingerprint density at radius 1 is 1.18 bits per heavy atom. The number of anilines is 1. The molecule has 1 aliphatic rings. The van der Waals surface area contributed by atoms with Gasteiger partial charge in [-0.05, 0) is 47.9 Å². The molecule has 1 unspecified atom stereocenters. The van der Waals surface area contributed by atoms with E-state index < -0.39 is 0 Å². The molecule has 164 valence electrons. The number of rotatable bonds is 5. The van der Waals surface area contributed by atoms with Gasteiger partial charge in [0.25, 0.3) is 5.91 Å². The number of nitrogens with zero attached hydrogens (tertiary/aromatic N) is 4. The molecule has 0 saturated carbocycles. The molecule has 1 atom stereocenters. The fourth-order valence-corrected chi connectivity index (χ4v) is 4.42. The lowest BCUT2D eigenvalue weighted by Gasteiger charge is -2.32. The average Bonchev–Trinajstić information content (AvgIpc) is 3.54. The second-order valence-electron chi connectivity index (χ2n) is 8.17. The van der Waals surface area contributed by atoms with Crippen LogP contribution in [0.15, 0.2) is 83.9 Å². The van der Waals surface area contributed by atoms with Crippen LogP contribution in [0.5, 0.6) is 0 Å². The maximum Gasteiger partial charge on any atom is 0.290 e. The van der Waals surface area contributed by atoms with Gasteiger partial charge in [-0.15, -0.1) is 0 Å². The van der Waals surface area contributed by atoms with Gasteiger partial charge in [0.15, 0.2) is 5.76 Å². The van der Waals surface area contributed by atoms with Crippen molar-refractivity contribution in [1.82, 2.24) is 14.9 Å². The number of carbonyl (C=O) groups excluding carboxylic acids is 1. The molecule has 1 N–H and O–H groups in total. The Kier molecular flexibility index (Phi) is 5.64. The second kappa shape index (κ2) is 9.05. The van der Waals surface area contributed by atoms with E-state index in [-0.39, 0.29) is 11.9 Å². The zero-order valence-electron chi connectivity index (χ0n) is 18.0. The second-order valence-corrected chi connectivity index (χ2v) is 8.17. The molecule has 0 aliphatic carbocycles. The third kappa shape index (κ3) is 4.37. The van der Waals surface area contributed by atoms with Gasteiger partial charge in [0.05, 0.1) is 42.5 Å². The number of H-pyrrole nitrogens is 1. The lowest BCUT2D eigenvalue weighted by atomic mass is 10.0. The average molecular weight is 438 g/mol. The van der Waals surface area contributed by atoms with E-state index in [2.05, 4.69) is 33.1 Å². The Bertz CT molecular complexity index is 1260. The summed E-state index contributed by atoms with van der Waals surface area (Å²) in [5.41, 5.74) is 4.65. The molecule has 4 aromatic rings. The zero-order chi connectivity index (χ0) is 22.6. The van der Waals surface area contributed by atoms with Crippen molar-refractivity contribution in [2.45, 2.75) is 25.6 Å². The maximum atomic E-state index is 13.5. The summed E-state index contributed by atoms with van der Waals surface area (Å²) in [4.78, 5) is 25.0. The van der Waals surface area contributed by atoms with Crippen LogP contribution >= 0.6 is 0 Å². The zero-order valence-corrected chi connectivity index (χ0v) is 18.0. The van der Waals surface area contributed by atoms with Crippen molar-refractivity contribution >= 4 is 11.6 Å². The highest BCUT2D eigenvalue weighted by molar-refractivity contribution is 5.92. The van der Waals surface area contributed by atoms with Crippen LogP contribution in [0, 0.1) is 11.3 Å². The van der Waals surface area contributed by atoms with Crippen LogP contribution in [0.3, 0.4) is 0 Å². The van der Waals surface area contributed by atoms with E-state index in [0.717, 1.165) is 22.5 Å². The molecule has 2 aromatic carbocycles. The Morgan fingerprint density at radius 3 is 2.79 bits per heavy atom. The summed E-state index contributed by atoms with van der Waals surface area (Å²) in [6.07, 6.45) is 5.70. The molecule has 7 nitrogen and oxygen atoms in total. The van der Waals surface area contributed by atoms with Crippen molar-refractivity contribution in [3.8, 4) is 6.07 Å². The lowest BCUT2D eigenvalue weighted by molar-refractivity contribution is 0.0638. The van der Waals surface area contributed by atoms with Gasteiger partial charge < -0.3 is 19.2 Å². The van der Waals surface area contributed by atoms with Crippen molar-refractivity contribution < 1.29 is 9.21 Å². The molecule has 0 saturated heterocycles. The lowest BCUT2D eigenvalue weighted by Crippen LogP contribution is -2.45. The van der Waals surface area contributed by atoms with E-state index in [4.69, 9.17) is 4.42 Å². The van der Waals surface area contributed by atoms with Crippen molar-refractivity contribution in [3.05, 3.63) is 108 Å². The van der Waals surface area contributed by atoms with Gasteiger partial charge in [-0.3, -0.25) is 4.79 Å². The number of imidazole rings is 1. The first-order valence-electron chi connectivity index (χ1n) is 10.8. The topological polar surface area (TPSA) is 89.2 Å². The van der Waals surface area contributed by atoms with Gasteiger partial charge in [0.1, 0.15) is 0 Å². The van der Waals surface area contributed by atoms with E-state index in [1.807, 2.05) is 47.5 Å². The highest BCUT2D eigenvalue weighted by atomic mass is 16.3. The number of aromatic nitrogens is 2. The largest absolute Gasteiger partial charge is 0.459 e. The number of hydrogen-bond donors (Lipinski definition) is 1. The molecular weight excluding hydrogens is 414 g/mol. The van der Waals surface area contributed by atoms with Crippen LogP contribution in [0.1, 0.15) is 32.9 Å². The van der Waals surface area contributed by atoms with Gasteiger partial charge in [-0.1, -0.05) is 30.3 Å². The van der Waals surface area contributed by atoms with Crippen LogP contribution in [0.2, 0.25) is 0 Å². The fraction of sp³-hybridized carbons (Fsp3) is 0.192. The van der Waals surface area contributed by atoms with Crippen molar-refractivity contribution in [3.63, 3.8) is 0 Å². The Balaban J connectivity index is 1.57. The monoisotopic (exact) mass is 437 g/mol. The molecule has 5 rings (SSSR count). The first-order chi connectivity index (χ1) is 16.2. The molecule has 7 heteroatoms. The molecule has 0 spiro atoms. The Morgan fingerprint density at radius 2 is 2.06 bits per heavy atom. The number of hydrogen-bond acceptors (Lipinski definition) is 5. The molecule has 2 aromatic heterocycles. The van der Waals surface area contributed by atoms with Crippen LogP contribution in [0.4, 0.5) is 5.69 Å². The van der Waals surface area contributed by atoms with Gasteiger partial charge >= 0.3 is 0 Å². The SMILES string of the molecule is N#Cc1ccc2c(c1)CN(C(=O)c1ccco1)C(Cc1ccccc1)CN2Cc1cnc[nH]1.